The number of rotatable bonds is 3. The van der Waals surface area contributed by atoms with Gasteiger partial charge in [0.15, 0.2) is 0 Å². The quantitative estimate of drug-likeness (QED) is 0.757. The van der Waals surface area contributed by atoms with Crippen molar-refractivity contribution in [2.45, 2.75) is 27.3 Å². The summed E-state index contributed by atoms with van der Waals surface area (Å²) in [6.45, 7) is 6.39. The van der Waals surface area contributed by atoms with E-state index in [0.29, 0.717) is 12.2 Å². The molecule has 0 spiro atoms. The lowest BCUT2D eigenvalue weighted by molar-refractivity contribution is 0.0944. The van der Waals surface area contributed by atoms with Gasteiger partial charge in [0, 0.05) is 17.2 Å². The fourth-order valence-electron chi connectivity index (χ4n) is 2.63. The van der Waals surface area contributed by atoms with E-state index in [1.54, 1.807) is 0 Å². The Morgan fingerprint density at radius 1 is 1.22 bits per heavy atom. The smallest absolute Gasteiger partial charge is 0.270 e. The first-order chi connectivity index (χ1) is 11.0. The minimum atomic E-state index is -0.118. The van der Waals surface area contributed by atoms with Crippen LogP contribution in [-0.2, 0) is 6.54 Å². The summed E-state index contributed by atoms with van der Waals surface area (Å²) in [5, 5.41) is 2.98. The molecule has 3 aromatic rings. The van der Waals surface area contributed by atoms with E-state index in [1.165, 1.54) is 5.56 Å². The third-order valence-corrected chi connectivity index (χ3v) is 4.27. The molecule has 118 valence electrons. The van der Waals surface area contributed by atoms with Crippen LogP contribution in [0.3, 0.4) is 0 Å². The Hall–Kier alpha value is -2.14. The first-order valence-corrected chi connectivity index (χ1v) is 8.23. The van der Waals surface area contributed by atoms with Gasteiger partial charge in [-0.25, -0.2) is 4.98 Å². The van der Waals surface area contributed by atoms with Crippen molar-refractivity contribution in [1.29, 1.82) is 0 Å². The average Bonchev–Trinajstić information content (AvgIpc) is 2.83. The summed E-state index contributed by atoms with van der Waals surface area (Å²) in [6.07, 6.45) is 1.88. The van der Waals surface area contributed by atoms with Gasteiger partial charge < -0.3 is 5.32 Å². The van der Waals surface area contributed by atoms with Gasteiger partial charge >= 0.3 is 0 Å². The second-order valence-electron chi connectivity index (χ2n) is 5.75. The summed E-state index contributed by atoms with van der Waals surface area (Å²) < 4.78 is 2.77. The largest absolute Gasteiger partial charge is 0.347 e. The van der Waals surface area contributed by atoms with Crippen LogP contribution >= 0.6 is 15.9 Å². The summed E-state index contributed by atoms with van der Waals surface area (Å²) in [5.41, 5.74) is 5.43. The van der Waals surface area contributed by atoms with E-state index in [4.69, 9.17) is 0 Å². The molecule has 0 aliphatic carbocycles. The maximum atomic E-state index is 12.6. The number of hydrogen-bond acceptors (Lipinski definition) is 2. The molecule has 0 bridgehead atoms. The summed E-state index contributed by atoms with van der Waals surface area (Å²) >= 11 is 3.48. The molecule has 0 radical (unpaired) electrons. The number of nitrogens with one attached hydrogen (secondary N) is 1. The molecule has 4 nitrogen and oxygen atoms in total. The standard InChI is InChI=1S/C18H18BrN3O/c1-11-4-6-14(7-5-11)9-20-18(23)16-13(3)21-17-12(2)8-15(19)10-22(16)17/h4-8,10H,9H2,1-3H3,(H,20,23). The van der Waals surface area contributed by atoms with Crippen molar-refractivity contribution >= 4 is 27.5 Å². The fourth-order valence-corrected chi connectivity index (χ4v) is 3.18. The molecular weight excluding hydrogens is 354 g/mol. The van der Waals surface area contributed by atoms with Crippen LogP contribution in [0.4, 0.5) is 0 Å². The molecule has 3 rings (SSSR count). The first kappa shape index (κ1) is 15.7. The second-order valence-corrected chi connectivity index (χ2v) is 6.66. The number of carbonyl (C=O) groups excluding carboxylic acids is 1. The zero-order valence-electron chi connectivity index (χ0n) is 13.4. The van der Waals surface area contributed by atoms with E-state index >= 15 is 0 Å². The molecule has 0 saturated heterocycles. The van der Waals surface area contributed by atoms with Crippen molar-refractivity contribution in [2.75, 3.05) is 0 Å². The van der Waals surface area contributed by atoms with E-state index in [-0.39, 0.29) is 5.91 Å². The monoisotopic (exact) mass is 371 g/mol. The molecule has 5 heteroatoms. The molecule has 23 heavy (non-hydrogen) atoms. The lowest BCUT2D eigenvalue weighted by Crippen LogP contribution is -2.25. The third kappa shape index (κ3) is 3.15. The molecular formula is C18H18BrN3O. The Labute approximate surface area is 143 Å². The van der Waals surface area contributed by atoms with Crippen molar-refractivity contribution < 1.29 is 4.79 Å². The average molecular weight is 372 g/mol. The van der Waals surface area contributed by atoms with Gasteiger partial charge in [0.1, 0.15) is 11.3 Å². The van der Waals surface area contributed by atoms with Crippen LogP contribution < -0.4 is 5.32 Å². The van der Waals surface area contributed by atoms with Gasteiger partial charge in [-0.05, 0) is 53.9 Å². The molecule has 0 atom stereocenters. The predicted molar refractivity (Wildman–Crippen MR) is 94.7 cm³/mol. The van der Waals surface area contributed by atoms with Crippen LogP contribution in [0.25, 0.3) is 5.65 Å². The van der Waals surface area contributed by atoms with Gasteiger partial charge in [0.2, 0.25) is 0 Å². The Balaban J connectivity index is 1.89. The van der Waals surface area contributed by atoms with Gasteiger partial charge in [-0.3, -0.25) is 9.20 Å². The molecule has 0 saturated carbocycles. The number of hydrogen-bond donors (Lipinski definition) is 1. The van der Waals surface area contributed by atoms with Crippen LogP contribution in [0, 0.1) is 20.8 Å². The number of halogens is 1. The Morgan fingerprint density at radius 3 is 2.61 bits per heavy atom. The minimum absolute atomic E-state index is 0.118. The number of amides is 1. The summed E-state index contributed by atoms with van der Waals surface area (Å²) in [4.78, 5) is 17.1. The third-order valence-electron chi connectivity index (χ3n) is 3.83. The topological polar surface area (TPSA) is 46.4 Å². The summed E-state index contributed by atoms with van der Waals surface area (Å²) in [5.74, 6) is -0.118. The highest BCUT2D eigenvalue weighted by Crippen LogP contribution is 2.20. The number of aryl methyl sites for hydroxylation is 3. The van der Waals surface area contributed by atoms with Crippen molar-refractivity contribution in [1.82, 2.24) is 14.7 Å². The lowest BCUT2D eigenvalue weighted by Gasteiger charge is -2.07. The van der Waals surface area contributed by atoms with Crippen LogP contribution in [0.15, 0.2) is 41.0 Å². The summed E-state index contributed by atoms with van der Waals surface area (Å²) in [6, 6.07) is 10.1. The zero-order chi connectivity index (χ0) is 16.6. The molecule has 0 fully saturated rings. The SMILES string of the molecule is Cc1ccc(CNC(=O)c2c(C)nc3c(C)cc(Br)cn23)cc1. The van der Waals surface area contributed by atoms with Gasteiger partial charge in [-0.15, -0.1) is 0 Å². The summed E-state index contributed by atoms with van der Waals surface area (Å²) in [7, 11) is 0. The Morgan fingerprint density at radius 2 is 1.91 bits per heavy atom. The van der Waals surface area contributed by atoms with Gasteiger partial charge in [-0.1, -0.05) is 29.8 Å². The zero-order valence-corrected chi connectivity index (χ0v) is 14.9. The molecule has 2 heterocycles. The van der Waals surface area contributed by atoms with E-state index in [0.717, 1.165) is 26.9 Å². The van der Waals surface area contributed by atoms with Crippen molar-refractivity contribution in [3.8, 4) is 0 Å². The number of carbonyl (C=O) groups is 1. The maximum absolute atomic E-state index is 12.6. The molecule has 0 aliphatic rings. The normalized spacial score (nSPS) is 11.0. The van der Waals surface area contributed by atoms with Crippen LogP contribution in [-0.4, -0.2) is 15.3 Å². The van der Waals surface area contributed by atoms with E-state index in [1.807, 2.05) is 61.7 Å². The number of imidazole rings is 1. The van der Waals surface area contributed by atoms with Crippen molar-refractivity contribution in [3.05, 3.63) is 69.1 Å². The number of pyridine rings is 1. The van der Waals surface area contributed by atoms with Crippen molar-refractivity contribution in [2.24, 2.45) is 0 Å². The highest BCUT2D eigenvalue weighted by Gasteiger charge is 2.17. The maximum Gasteiger partial charge on any atom is 0.270 e. The number of benzene rings is 1. The molecule has 2 aromatic heterocycles. The van der Waals surface area contributed by atoms with E-state index < -0.39 is 0 Å². The predicted octanol–water partition coefficient (Wildman–Crippen LogP) is 3.95. The van der Waals surface area contributed by atoms with Crippen molar-refractivity contribution in [3.63, 3.8) is 0 Å². The molecule has 0 aliphatic heterocycles. The molecule has 0 unspecified atom stereocenters. The highest BCUT2D eigenvalue weighted by atomic mass is 79.9. The molecule has 1 amide bonds. The molecule has 1 N–H and O–H groups in total. The van der Waals surface area contributed by atoms with Crippen LogP contribution in [0.2, 0.25) is 0 Å². The van der Waals surface area contributed by atoms with Crippen LogP contribution in [0.1, 0.15) is 32.9 Å². The van der Waals surface area contributed by atoms with Gasteiger partial charge in [0.05, 0.1) is 5.69 Å². The fraction of sp³-hybridized carbons (Fsp3) is 0.222. The second kappa shape index (κ2) is 6.16. The first-order valence-electron chi connectivity index (χ1n) is 7.44. The minimum Gasteiger partial charge on any atom is -0.347 e. The number of nitrogens with zero attached hydrogens (tertiary/aromatic N) is 2. The van der Waals surface area contributed by atoms with Gasteiger partial charge in [-0.2, -0.15) is 0 Å². The van der Waals surface area contributed by atoms with Crippen LogP contribution in [0.5, 0.6) is 0 Å². The lowest BCUT2D eigenvalue weighted by atomic mass is 10.1. The Bertz CT molecular complexity index is 881. The van der Waals surface area contributed by atoms with E-state index in [9.17, 15) is 4.79 Å². The number of aromatic nitrogens is 2. The highest BCUT2D eigenvalue weighted by molar-refractivity contribution is 9.10. The molecule has 1 aromatic carbocycles. The van der Waals surface area contributed by atoms with Gasteiger partial charge in [0.25, 0.3) is 5.91 Å². The van der Waals surface area contributed by atoms with E-state index in [2.05, 4.69) is 26.2 Å². The Kier molecular flexibility index (Phi) is 4.22. The number of fused-ring (bicyclic) bond motifs is 1.